The van der Waals surface area contributed by atoms with Crippen molar-refractivity contribution in [2.75, 3.05) is 6.54 Å². The Labute approximate surface area is 84.3 Å². The molecular weight excluding hydrogens is 184 g/mol. The first kappa shape index (κ1) is 10.3. The van der Waals surface area contributed by atoms with Crippen LogP contribution in [0.5, 0.6) is 0 Å². The second-order valence-corrected chi connectivity index (χ2v) is 4.85. The number of fused-ring (bicyclic) bond motifs is 2. The minimum absolute atomic E-state index is 0.235. The second-order valence-electron chi connectivity index (χ2n) is 4.85. The Morgan fingerprint density at radius 3 is 2.64 bits per heavy atom. The zero-order valence-corrected chi connectivity index (χ0v) is 8.73. The summed E-state index contributed by atoms with van der Waals surface area (Å²) in [5.41, 5.74) is -0.821. The topological polar surface area (TPSA) is 12.0 Å². The van der Waals surface area contributed by atoms with E-state index >= 15 is 0 Å². The average molecular weight is 203 g/mol. The fourth-order valence-electron chi connectivity index (χ4n) is 3.29. The van der Waals surface area contributed by atoms with Crippen molar-refractivity contribution in [1.82, 2.24) is 5.32 Å². The summed E-state index contributed by atoms with van der Waals surface area (Å²) in [5, 5.41) is 3.13. The monoisotopic (exact) mass is 203 g/mol. The van der Waals surface area contributed by atoms with Crippen LogP contribution in [0.3, 0.4) is 0 Å². The number of hydrogen-bond acceptors (Lipinski definition) is 1. The lowest BCUT2D eigenvalue weighted by Gasteiger charge is -2.38. The molecule has 0 spiro atoms. The van der Waals surface area contributed by atoms with Crippen LogP contribution in [-0.2, 0) is 0 Å². The first-order chi connectivity index (χ1) is 6.69. The van der Waals surface area contributed by atoms with Crippen molar-refractivity contribution in [3.8, 4) is 0 Å². The maximum absolute atomic E-state index is 13.1. The van der Waals surface area contributed by atoms with E-state index < -0.39 is 12.0 Å². The molecule has 0 aromatic carbocycles. The molecule has 2 rings (SSSR count). The van der Waals surface area contributed by atoms with E-state index in [0.717, 1.165) is 25.8 Å². The van der Waals surface area contributed by atoms with E-state index in [1.54, 1.807) is 0 Å². The summed E-state index contributed by atoms with van der Waals surface area (Å²) in [6, 6.07) is 0. The maximum Gasteiger partial charge on any atom is 0.256 e. The van der Waals surface area contributed by atoms with Crippen LogP contribution < -0.4 is 5.32 Å². The van der Waals surface area contributed by atoms with Crippen molar-refractivity contribution >= 4 is 0 Å². The van der Waals surface area contributed by atoms with Crippen molar-refractivity contribution in [1.29, 1.82) is 0 Å². The fraction of sp³-hybridized carbons (Fsp3) is 1.00. The van der Waals surface area contributed by atoms with Crippen LogP contribution in [-0.4, -0.2) is 18.5 Å². The largest absolute Gasteiger partial charge is 0.306 e. The van der Waals surface area contributed by atoms with Gasteiger partial charge in [-0.05, 0) is 44.1 Å². The van der Waals surface area contributed by atoms with E-state index in [4.69, 9.17) is 0 Å². The van der Waals surface area contributed by atoms with Gasteiger partial charge in [-0.2, -0.15) is 0 Å². The molecule has 0 aromatic heterocycles. The van der Waals surface area contributed by atoms with Gasteiger partial charge in [-0.1, -0.05) is 13.3 Å². The zero-order valence-electron chi connectivity index (χ0n) is 8.73. The standard InChI is InChI=1S/C11H19F2N/c1-2-5-14-11(10(12)13)7-8-3-4-9(11)6-8/h8-10,14H,2-7H2,1H3. The van der Waals surface area contributed by atoms with E-state index in [-0.39, 0.29) is 5.92 Å². The molecule has 2 saturated carbocycles. The van der Waals surface area contributed by atoms with Gasteiger partial charge in [-0.15, -0.1) is 0 Å². The lowest BCUT2D eigenvalue weighted by Crippen LogP contribution is -2.55. The molecule has 2 bridgehead atoms. The van der Waals surface area contributed by atoms with Crippen LogP contribution in [0, 0.1) is 11.8 Å². The first-order valence-electron chi connectivity index (χ1n) is 5.72. The first-order valence-corrected chi connectivity index (χ1v) is 5.72. The molecule has 3 unspecified atom stereocenters. The van der Waals surface area contributed by atoms with Crippen LogP contribution in [0.1, 0.15) is 39.0 Å². The number of halogens is 2. The summed E-state index contributed by atoms with van der Waals surface area (Å²) in [4.78, 5) is 0. The molecule has 0 heterocycles. The smallest absolute Gasteiger partial charge is 0.256 e. The summed E-state index contributed by atoms with van der Waals surface area (Å²) in [5.74, 6) is 0.803. The third-order valence-electron chi connectivity index (χ3n) is 3.99. The van der Waals surface area contributed by atoms with Gasteiger partial charge in [0.05, 0.1) is 5.54 Å². The molecule has 0 aliphatic heterocycles. The molecule has 2 aliphatic rings. The highest BCUT2D eigenvalue weighted by atomic mass is 19.3. The minimum atomic E-state index is -2.19. The lowest BCUT2D eigenvalue weighted by molar-refractivity contribution is -0.00430. The molecule has 0 radical (unpaired) electrons. The third-order valence-corrected chi connectivity index (χ3v) is 3.99. The Bertz CT molecular complexity index is 207. The van der Waals surface area contributed by atoms with Crippen molar-refractivity contribution < 1.29 is 8.78 Å². The Kier molecular flexibility index (Phi) is 2.78. The normalized spacial score (nSPS) is 41.1. The summed E-state index contributed by atoms with van der Waals surface area (Å²) in [7, 11) is 0. The molecule has 0 aromatic rings. The van der Waals surface area contributed by atoms with Crippen LogP contribution in [0.15, 0.2) is 0 Å². The molecule has 0 saturated heterocycles. The average Bonchev–Trinajstić information content (AvgIpc) is 2.74. The van der Waals surface area contributed by atoms with Crippen LogP contribution in [0.25, 0.3) is 0 Å². The van der Waals surface area contributed by atoms with E-state index in [0.29, 0.717) is 12.3 Å². The van der Waals surface area contributed by atoms with Gasteiger partial charge >= 0.3 is 0 Å². The van der Waals surface area contributed by atoms with Crippen molar-refractivity contribution in [2.24, 2.45) is 11.8 Å². The summed E-state index contributed by atoms with van der Waals surface area (Å²) < 4.78 is 26.2. The summed E-state index contributed by atoms with van der Waals surface area (Å²) in [6.07, 6.45) is 2.66. The molecule has 82 valence electrons. The van der Waals surface area contributed by atoms with Gasteiger partial charge in [0.25, 0.3) is 6.43 Å². The molecule has 0 amide bonds. The number of alkyl halides is 2. The molecule has 3 heteroatoms. The van der Waals surface area contributed by atoms with Gasteiger partial charge in [0, 0.05) is 0 Å². The fourth-order valence-corrected chi connectivity index (χ4v) is 3.29. The molecule has 2 aliphatic carbocycles. The number of hydrogen-bond donors (Lipinski definition) is 1. The van der Waals surface area contributed by atoms with Crippen molar-refractivity contribution in [3.05, 3.63) is 0 Å². The predicted octanol–water partition coefficient (Wildman–Crippen LogP) is 2.81. The predicted molar refractivity (Wildman–Crippen MR) is 52.5 cm³/mol. The molecule has 3 atom stereocenters. The zero-order chi connectivity index (χ0) is 10.2. The molecule has 2 fully saturated rings. The maximum atomic E-state index is 13.1. The van der Waals surface area contributed by atoms with Crippen LogP contribution in [0.4, 0.5) is 8.78 Å². The third kappa shape index (κ3) is 1.46. The molecular formula is C11H19F2N. The number of rotatable bonds is 4. The van der Waals surface area contributed by atoms with E-state index in [1.165, 1.54) is 6.42 Å². The Morgan fingerprint density at radius 2 is 2.21 bits per heavy atom. The van der Waals surface area contributed by atoms with Gasteiger partial charge in [0.15, 0.2) is 0 Å². The van der Waals surface area contributed by atoms with Gasteiger partial charge in [-0.25, -0.2) is 8.78 Å². The van der Waals surface area contributed by atoms with E-state index in [2.05, 4.69) is 5.32 Å². The van der Waals surface area contributed by atoms with E-state index in [9.17, 15) is 8.78 Å². The van der Waals surface area contributed by atoms with Crippen molar-refractivity contribution in [2.45, 2.75) is 51.0 Å². The molecule has 1 N–H and O–H groups in total. The summed E-state index contributed by atoms with van der Waals surface area (Å²) >= 11 is 0. The SMILES string of the molecule is CCCNC1(C(F)F)CC2CCC1C2. The Balaban J connectivity index is 2.07. The minimum Gasteiger partial charge on any atom is -0.306 e. The van der Waals surface area contributed by atoms with Gasteiger partial charge in [0.2, 0.25) is 0 Å². The molecule has 14 heavy (non-hydrogen) atoms. The highest BCUT2D eigenvalue weighted by Gasteiger charge is 2.55. The van der Waals surface area contributed by atoms with Gasteiger partial charge < -0.3 is 5.32 Å². The van der Waals surface area contributed by atoms with E-state index in [1.807, 2.05) is 6.92 Å². The molecule has 1 nitrogen and oxygen atoms in total. The van der Waals surface area contributed by atoms with Gasteiger partial charge in [-0.3, -0.25) is 0 Å². The van der Waals surface area contributed by atoms with Crippen LogP contribution in [0.2, 0.25) is 0 Å². The Hall–Kier alpha value is -0.180. The number of nitrogens with one attached hydrogen (secondary N) is 1. The quantitative estimate of drug-likeness (QED) is 0.740. The second kappa shape index (κ2) is 3.76. The highest BCUT2D eigenvalue weighted by Crippen LogP contribution is 2.53. The highest BCUT2D eigenvalue weighted by molar-refractivity contribution is 5.07. The van der Waals surface area contributed by atoms with Crippen LogP contribution >= 0.6 is 0 Å². The van der Waals surface area contributed by atoms with Crippen molar-refractivity contribution in [3.63, 3.8) is 0 Å². The summed E-state index contributed by atoms with van der Waals surface area (Å²) in [6.45, 7) is 2.76. The Morgan fingerprint density at radius 1 is 1.43 bits per heavy atom. The lowest BCUT2D eigenvalue weighted by atomic mass is 9.81. The van der Waals surface area contributed by atoms with Gasteiger partial charge in [0.1, 0.15) is 0 Å².